The summed E-state index contributed by atoms with van der Waals surface area (Å²) in [4.78, 5) is 16.2. The van der Waals surface area contributed by atoms with Crippen LogP contribution in [0.3, 0.4) is 0 Å². The van der Waals surface area contributed by atoms with E-state index in [0.29, 0.717) is 10.0 Å². The highest BCUT2D eigenvalue weighted by atomic mass is 35.5. The molecule has 28 heavy (non-hydrogen) atoms. The third-order valence-corrected chi connectivity index (χ3v) is 4.70. The molecule has 0 aliphatic rings. The van der Waals surface area contributed by atoms with Gasteiger partial charge in [-0.15, -0.1) is 0 Å². The standard InChI is InChI=1S/C20H16Cl2F2N2O2/c1-11(13-6-5-12(21)9-14(13)22)26-18(27)7-8-19-25-10-17(28-19)20-15(23)3-2-4-16(20)24/h2-6,9-11H,7-8H2,1H3,(H,26,27)/t11-/m1/s1. The summed E-state index contributed by atoms with van der Waals surface area (Å²) in [7, 11) is 0. The van der Waals surface area contributed by atoms with E-state index in [1.54, 1.807) is 25.1 Å². The van der Waals surface area contributed by atoms with Gasteiger partial charge in [0.1, 0.15) is 11.6 Å². The maximum atomic E-state index is 13.8. The Balaban J connectivity index is 1.60. The van der Waals surface area contributed by atoms with Crippen LogP contribution in [-0.2, 0) is 11.2 Å². The van der Waals surface area contributed by atoms with Gasteiger partial charge in [0, 0.05) is 22.9 Å². The number of oxazole rings is 1. The number of benzene rings is 2. The van der Waals surface area contributed by atoms with Crippen molar-refractivity contribution in [2.24, 2.45) is 0 Å². The SMILES string of the molecule is C[C@@H](NC(=O)CCc1ncc(-c2c(F)cccc2F)o1)c1ccc(Cl)cc1Cl. The predicted octanol–water partition coefficient (Wildman–Crippen LogP) is 5.74. The lowest BCUT2D eigenvalue weighted by Crippen LogP contribution is -2.27. The van der Waals surface area contributed by atoms with Gasteiger partial charge >= 0.3 is 0 Å². The minimum atomic E-state index is -0.742. The highest BCUT2D eigenvalue weighted by Gasteiger charge is 2.17. The van der Waals surface area contributed by atoms with Crippen LogP contribution in [0.15, 0.2) is 47.0 Å². The van der Waals surface area contributed by atoms with Crippen molar-refractivity contribution in [3.8, 4) is 11.3 Å². The molecule has 1 amide bonds. The average Bonchev–Trinajstić information content (AvgIpc) is 3.08. The molecule has 1 heterocycles. The van der Waals surface area contributed by atoms with Gasteiger partial charge in [-0.1, -0.05) is 35.3 Å². The Hall–Kier alpha value is -2.44. The summed E-state index contributed by atoms with van der Waals surface area (Å²) >= 11 is 12.0. The molecule has 1 N–H and O–H groups in total. The van der Waals surface area contributed by atoms with E-state index in [1.165, 1.54) is 12.3 Å². The summed E-state index contributed by atoms with van der Waals surface area (Å²) in [6, 6.07) is 8.28. The molecule has 0 unspecified atom stereocenters. The molecule has 0 aliphatic carbocycles. The van der Waals surface area contributed by atoms with Crippen molar-refractivity contribution < 1.29 is 18.0 Å². The normalized spacial score (nSPS) is 12.0. The molecule has 0 aliphatic heterocycles. The van der Waals surface area contributed by atoms with Gasteiger partial charge in [-0.05, 0) is 36.8 Å². The van der Waals surface area contributed by atoms with Crippen molar-refractivity contribution in [1.29, 1.82) is 0 Å². The minimum Gasteiger partial charge on any atom is -0.441 e. The summed E-state index contributed by atoms with van der Waals surface area (Å²) in [5.74, 6) is -1.53. The Labute approximate surface area is 170 Å². The quantitative estimate of drug-likeness (QED) is 0.548. The second-order valence-electron chi connectivity index (χ2n) is 6.17. The molecule has 3 aromatic rings. The summed E-state index contributed by atoms with van der Waals surface area (Å²) in [6.45, 7) is 1.80. The summed E-state index contributed by atoms with van der Waals surface area (Å²) in [5.41, 5.74) is 0.463. The van der Waals surface area contributed by atoms with E-state index in [0.717, 1.165) is 17.7 Å². The Morgan fingerprint density at radius 1 is 1.21 bits per heavy atom. The van der Waals surface area contributed by atoms with Crippen LogP contribution in [0.1, 0.15) is 30.8 Å². The van der Waals surface area contributed by atoms with Gasteiger partial charge in [-0.3, -0.25) is 4.79 Å². The van der Waals surface area contributed by atoms with E-state index in [9.17, 15) is 13.6 Å². The first kappa shape index (κ1) is 20.3. The number of carbonyl (C=O) groups excluding carboxylic acids is 1. The van der Waals surface area contributed by atoms with Crippen molar-refractivity contribution in [3.05, 3.63) is 75.7 Å². The lowest BCUT2D eigenvalue weighted by Gasteiger charge is -2.15. The number of hydrogen-bond acceptors (Lipinski definition) is 3. The fraction of sp³-hybridized carbons (Fsp3) is 0.200. The van der Waals surface area contributed by atoms with E-state index >= 15 is 0 Å². The largest absolute Gasteiger partial charge is 0.441 e. The lowest BCUT2D eigenvalue weighted by atomic mass is 10.1. The number of nitrogens with zero attached hydrogens (tertiary/aromatic N) is 1. The van der Waals surface area contributed by atoms with E-state index < -0.39 is 11.6 Å². The zero-order chi connectivity index (χ0) is 20.3. The first-order chi connectivity index (χ1) is 13.3. The van der Waals surface area contributed by atoms with Crippen molar-refractivity contribution >= 4 is 29.1 Å². The smallest absolute Gasteiger partial charge is 0.220 e. The number of hydrogen-bond donors (Lipinski definition) is 1. The lowest BCUT2D eigenvalue weighted by molar-refractivity contribution is -0.121. The van der Waals surface area contributed by atoms with E-state index in [4.69, 9.17) is 27.6 Å². The number of amides is 1. The molecule has 146 valence electrons. The van der Waals surface area contributed by atoms with Gasteiger partial charge in [0.05, 0.1) is 17.8 Å². The molecule has 0 fully saturated rings. The van der Waals surface area contributed by atoms with Crippen LogP contribution in [0, 0.1) is 11.6 Å². The molecule has 0 radical (unpaired) electrons. The molecule has 0 saturated heterocycles. The van der Waals surface area contributed by atoms with Crippen molar-refractivity contribution in [2.75, 3.05) is 0 Å². The van der Waals surface area contributed by atoms with Crippen molar-refractivity contribution in [2.45, 2.75) is 25.8 Å². The fourth-order valence-corrected chi connectivity index (χ4v) is 3.31. The van der Waals surface area contributed by atoms with E-state index in [-0.39, 0.29) is 42.0 Å². The Bertz CT molecular complexity index is 987. The number of carbonyl (C=O) groups is 1. The van der Waals surface area contributed by atoms with Crippen LogP contribution in [0.2, 0.25) is 10.0 Å². The molecular weight excluding hydrogens is 409 g/mol. The fourth-order valence-electron chi connectivity index (χ4n) is 2.74. The molecule has 8 heteroatoms. The van der Waals surface area contributed by atoms with Crippen LogP contribution in [-0.4, -0.2) is 10.9 Å². The molecule has 1 atom stereocenters. The van der Waals surface area contributed by atoms with Gasteiger partial charge in [-0.25, -0.2) is 13.8 Å². The highest BCUT2D eigenvalue weighted by Crippen LogP contribution is 2.28. The average molecular weight is 425 g/mol. The zero-order valence-corrected chi connectivity index (χ0v) is 16.3. The number of rotatable bonds is 6. The number of halogens is 4. The van der Waals surface area contributed by atoms with Crippen LogP contribution in [0.5, 0.6) is 0 Å². The molecule has 2 aromatic carbocycles. The highest BCUT2D eigenvalue weighted by molar-refractivity contribution is 6.35. The maximum absolute atomic E-state index is 13.8. The topological polar surface area (TPSA) is 55.1 Å². The second-order valence-corrected chi connectivity index (χ2v) is 7.01. The number of nitrogens with one attached hydrogen (secondary N) is 1. The molecule has 0 saturated carbocycles. The number of aromatic nitrogens is 1. The van der Waals surface area contributed by atoms with Gasteiger partial charge in [0.15, 0.2) is 11.7 Å². The molecule has 3 rings (SSSR count). The predicted molar refractivity (Wildman–Crippen MR) is 103 cm³/mol. The second kappa shape index (κ2) is 8.71. The Kier molecular flexibility index (Phi) is 6.31. The molecule has 1 aromatic heterocycles. The van der Waals surface area contributed by atoms with Crippen LogP contribution in [0.4, 0.5) is 8.78 Å². The molecular formula is C20H16Cl2F2N2O2. The Morgan fingerprint density at radius 2 is 1.93 bits per heavy atom. The Morgan fingerprint density at radius 3 is 2.61 bits per heavy atom. The maximum Gasteiger partial charge on any atom is 0.220 e. The third kappa shape index (κ3) is 4.69. The molecule has 0 spiro atoms. The third-order valence-electron chi connectivity index (χ3n) is 4.14. The van der Waals surface area contributed by atoms with Gasteiger partial charge in [-0.2, -0.15) is 0 Å². The van der Waals surface area contributed by atoms with Crippen molar-refractivity contribution in [1.82, 2.24) is 10.3 Å². The summed E-state index contributed by atoms with van der Waals surface area (Å²) < 4.78 is 33.0. The minimum absolute atomic E-state index is 0.0210. The molecule has 4 nitrogen and oxygen atoms in total. The van der Waals surface area contributed by atoms with E-state index in [2.05, 4.69) is 10.3 Å². The molecule has 0 bridgehead atoms. The summed E-state index contributed by atoms with van der Waals surface area (Å²) in [5, 5.41) is 3.80. The first-order valence-corrected chi connectivity index (χ1v) is 9.24. The van der Waals surface area contributed by atoms with Gasteiger partial charge in [0.25, 0.3) is 0 Å². The van der Waals surface area contributed by atoms with Crippen LogP contribution in [0.25, 0.3) is 11.3 Å². The summed E-state index contributed by atoms with van der Waals surface area (Å²) in [6.07, 6.45) is 1.52. The van der Waals surface area contributed by atoms with Gasteiger partial charge < -0.3 is 9.73 Å². The van der Waals surface area contributed by atoms with Gasteiger partial charge in [0.2, 0.25) is 5.91 Å². The van der Waals surface area contributed by atoms with E-state index in [1.807, 2.05) is 0 Å². The van der Waals surface area contributed by atoms with Crippen LogP contribution >= 0.6 is 23.2 Å². The van der Waals surface area contributed by atoms with Crippen molar-refractivity contribution in [3.63, 3.8) is 0 Å². The number of aryl methyl sites for hydroxylation is 1. The van der Waals surface area contributed by atoms with Crippen LogP contribution < -0.4 is 5.32 Å². The first-order valence-electron chi connectivity index (χ1n) is 8.48. The zero-order valence-electron chi connectivity index (χ0n) is 14.8. The monoisotopic (exact) mass is 424 g/mol.